The topological polar surface area (TPSA) is 42.2 Å². The number of nitrogens with zero attached hydrogens (tertiary/aromatic N) is 2. The van der Waals surface area contributed by atoms with Crippen LogP contribution in [0.1, 0.15) is 16.8 Å². The van der Waals surface area contributed by atoms with Crippen LogP contribution in [0.15, 0.2) is 48.7 Å². The summed E-state index contributed by atoms with van der Waals surface area (Å²) in [5.41, 5.74) is 8.89. The van der Waals surface area contributed by atoms with Crippen LogP contribution in [0, 0.1) is 0 Å². The smallest absolute Gasteiger partial charge is 0.103 e. The van der Waals surface area contributed by atoms with Gasteiger partial charge >= 0.3 is 0 Å². The van der Waals surface area contributed by atoms with Crippen LogP contribution in [-0.4, -0.2) is 28.5 Å². The molecular formula is C16H19N3S. The highest BCUT2D eigenvalue weighted by Crippen LogP contribution is 2.07. The summed E-state index contributed by atoms with van der Waals surface area (Å²) in [6, 6.07) is 14.1. The highest BCUT2D eigenvalue weighted by molar-refractivity contribution is 7.80. The van der Waals surface area contributed by atoms with Gasteiger partial charge in [0.1, 0.15) is 4.99 Å². The van der Waals surface area contributed by atoms with Crippen LogP contribution in [-0.2, 0) is 13.0 Å². The lowest BCUT2D eigenvalue weighted by Gasteiger charge is -2.16. The van der Waals surface area contributed by atoms with E-state index in [4.69, 9.17) is 18.0 Å². The van der Waals surface area contributed by atoms with Gasteiger partial charge in [0, 0.05) is 37.0 Å². The lowest BCUT2D eigenvalue weighted by Crippen LogP contribution is -2.21. The maximum Gasteiger partial charge on any atom is 0.103 e. The maximum absolute atomic E-state index is 5.59. The van der Waals surface area contributed by atoms with Gasteiger partial charge in [-0.05, 0) is 24.7 Å². The van der Waals surface area contributed by atoms with E-state index >= 15 is 0 Å². The minimum Gasteiger partial charge on any atom is -0.389 e. The molecule has 2 N–H and O–H groups in total. The molecule has 0 aliphatic heterocycles. The first-order chi connectivity index (χ1) is 9.65. The molecule has 0 spiro atoms. The van der Waals surface area contributed by atoms with Crippen LogP contribution in [0.5, 0.6) is 0 Å². The Hall–Kier alpha value is -1.78. The average Bonchev–Trinajstić information content (AvgIpc) is 2.47. The van der Waals surface area contributed by atoms with Crippen LogP contribution in [0.2, 0.25) is 0 Å². The minimum atomic E-state index is 0.444. The van der Waals surface area contributed by atoms with Crippen LogP contribution < -0.4 is 5.73 Å². The number of benzene rings is 1. The number of nitrogens with two attached hydrogens (primary N) is 1. The van der Waals surface area contributed by atoms with Gasteiger partial charge in [0.05, 0.1) is 0 Å². The summed E-state index contributed by atoms with van der Waals surface area (Å²) in [6.07, 6.45) is 2.80. The van der Waals surface area contributed by atoms with Crippen molar-refractivity contribution in [3.63, 3.8) is 0 Å². The fourth-order valence-electron chi connectivity index (χ4n) is 2.02. The predicted octanol–water partition coefficient (Wildman–Crippen LogP) is 2.39. The summed E-state index contributed by atoms with van der Waals surface area (Å²) < 4.78 is 0. The van der Waals surface area contributed by atoms with E-state index in [2.05, 4.69) is 35.1 Å². The van der Waals surface area contributed by atoms with E-state index in [9.17, 15) is 0 Å². The van der Waals surface area contributed by atoms with Gasteiger partial charge in [0.2, 0.25) is 0 Å². The third kappa shape index (κ3) is 4.40. The molecule has 104 valence electrons. The van der Waals surface area contributed by atoms with Crippen molar-refractivity contribution in [2.45, 2.75) is 13.0 Å². The molecular weight excluding hydrogens is 266 g/mol. The van der Waals surface area contributed by atoms with Gasteiger partial charge in [0.15, 0.2) is 0 Å². The molecule has 0 unspecified atom stereocenters. The first-order valence-corrected chi connectivity index (χ1v) is 7.03. The third-order valence-electron chi connectivity index (χ3n) is 3.17. The fourth-order valence-corrected chi connectivity index (χ4v) is 2.15. The van der Waals surface area contributed by atoms with E-state index in [0.29, 0.717) is 4.99 Å². The molecule has 0 saturated carbocycles. The Labute approximate surface area is 125 Å². The molecule has 1 heterocycles. The van der Waals surface area contributed by atoms with Crippen molar-refractivity contribution in [2.24, 2.45) is 5.73 Å². The lowest BCUT2D eigenvalue weighted by atomic mass is 10.1. The van der Waals surface area contributed by atoms with E-state index < -0.39 is 0 Å². The summed E-state index contributed by atoms with van der Waals surface area (Å²) >= 11 is 4.95. The van der Waals surface area contributed by atoms with Gasteiger partial charge in [-0.15, -0.1) is 0 Å². The van der Waals surface area contributed by atoms with Crippen molar-refractivity contribution in [1.82, 2.24) is 9.88 Å². The summed E-state index contributed by atoms with van der Waals surface area (Å²) in [4.78, 5) is 7.06. The zero-order valence-electron chi connectivity index (χ0n) is 11.6. The van der Waals surface area contributed by atoms with Crippen molar-refractivity contribution in [3.8, 4) is 0 Å². The Morgan fingerprint density at radius 2 is 1.95 bits per heavy atom. The van der Waals surface area contributed by atoms with Crippen LogP contribution >= 0.6 is 12.2 Å². The van der Waals surface area contributed by atoms with Crippen molar-refractivity contribution >= 4 is 17.2 Å². The monoisotopic (exact) mass is 285 g/mol. The Morgan fingerprint density at radius 1 is 1.20 bits per heavy atom. The Balaban J connectivity index is 1.85. The quantitative estimate of drug-likeness (QED) is 0.828. The summed E-state index contributed by atoms with van der Waals surface area (Å²) in [5.74, 6) is 0. The number of hydrogen-bond donors (Lipinski definition) is 1. The van der Waals surface area contributed by atoms with Crippen LogP contribution in [0.25, 0.3) is 0 Å². The molecule has 0 bridgehead atoms. The maximum atomic E-state index is 5.59. The molecule has 4 heteroatoms. The first kappa shape index (κ1) is 14.6. The summed E-state index contributed by atoms with van der Waals surface area (Å²) in [6.45, 7) is 1.89. The SMILES string of the molecule is CN(CCc1ccccn1)Cc1ccc(C(N)=S)cc1. The highest BCUT2D eigenvalue weighted by atomic mass is 32.1. The second-order valence-electron chi connectivity index (χ2n) is 4.87. The molecule has 0 aliphatic rings. The van der Waals surface area contributed by atoms with Crippen LogP contribution in [0.3, 0.4) is 0 Å². The Bertz CT molecular complexity index is 552. The third-order valence-corrected chi connectivity index (χ3v) is 3.40. The lowest BCUT2D eigenvalue weighted by molar-refractivity contribution is 0.330. The normalized spacial score (nSPS) is 10.7. The molecule has 0 aliphatic carbocycles. The zero-order valence-corrected chi connectivity index (χ0v) is 12.4. The Morgan fingerprint density at radius 3 is 2.55 bits per heavy atom. The van der Waals surface area contributed by atoms with Gasteiger partial charge in [0.25, 0.3) is 0 Å². The summed E-state index contributed by atoms with van der Waals surface area (Å²) in [5, 5.41) is 0. The second-order valence-corrected chi connectivity index (χ2v) is 5.31. The molecule has 0 atom stereocenters. The van der Waals surface area contributed by atoms with E-state index in [1.54, 1.807) is 0 Å². The van der Waals surface area contributed by atoms with Crippen molar-refractivity contribution in [2.75, 3.05) is 13.6 Å². The average molecular weight is 285 g/mol. The molecule has 20 heavy (non-hydrogen) atoms. The molecule has 3 nitrogen and oxygen atoms in total. The van der Waals surface area contributed by atoms with Gasteiger partial charge in [-0.25, -0.2) is 0 Å². The second kappa shape index (κ2) is 7.12. The standard InChI is InChI=1S/C16H19N3S/c1-19(11-9-15-4-2-3-10-18-15)12-13-5-7-14(8-6-13)16(17)20/h2-8,10H,9,11-12H2,1H3,(H2,17,20). The molecule has 0 saturated heterocycles. The van der Waals surface area contributed by atoms with E-state index in [-0.39, 0.29) is 0 Å². The number of aromatic nitrogens is 1. The van der Waals surface area contributed by atoms with Gasteiger partial charge in [-0.3, -0.25) is 4.98 Å². The molecule has 0 fully saturated rings. The largest absolute Gasteiger partial charge is 0.389 e. The van der Waals surface area contributed by atoms with Crippen LogP contribution in [0.4, 0.5) is 0 Å². The highest BCUT2D eigenvalue weighted by Gasteiger charge is 2.02. The van der Waals surface area contributed by atoms with Crippen molar-refractivity contribution < 1.29 is 0 Å². The number of rotatable bonds is 6. The molecule has 2 rings (SSSR count). The van der Waals surface area contributed by atoms with Crippen molar-refractivity contribution in [1.29, 1.82) is 0 Å². The Kier molecular flexibility index (Phi) is 5.21. The van der Waals surface area contributed by atoms with Gasteiger partial charge in [-0.1, -0.05) is 42.5 Å². The zero-order chi connectivity index (χ0) is 14.4. The molecule has 1 aromatic carbocycles. The molecule has 1 aromatic heterocycles. The van der Waals surface area contributed by atoms with E-state index in [0.717, 1.165) is 30.8 Å². The molecule has 2 aromatic rings. The number of hydrogen-bond acceptors (Lipinski definition) is 3. The molecule has 0 amide bonds. The first-order valence-electron chi connectivity index (χ1n) is 6.62. The number of thiocarbonyl (C=S) groups is 1. The van der Waals surface area contributed by atoms with Crippen molar-refractivity contribution in [3.05, 3.63) is 65.5 Å². The van der Waals surface area contributed by atoms with Gasteiger partial charge in [-0.2, -0.15) is 0 Å². The van der Waals surface area contributed by atoms with E-state index in [1.807, 2.05) is 30.5 Å². The van der Waals surface area contributed by atoms with E-state index in [1.165, 1.54) is 5.56 Å². The minimum absolute atomic E-state index is 0.444. The number of likely N-dealkylation sites (N-methyl/N-ethyl adjacent to an activating group) is 1. The number of pyridine rings is 1. The summed E-state index contributed by atoms with van der Waals surface area (Å²) in [7, 11) is 2.12. The molecule has 0 radical (unpaired) electrons. The van der Waals surface area contributed by atoms with Gasteiger partial charge < -0.3 is 10.6 Å². The predicted molar refractivity (Wildman–Crippen MR) is 86.6 cm³/mol. The fraction of sp³-hybridized carbons (Fsp3) is 0.250.